The highest BCUT2D eigenvalue weighted by Crippen LogP contribution is 2.61. The van der Waals surface area contributed by atoms with Crippen molar-refractivity contribution in [1.82, 2.24) is 0 Å². The van der Waals surface area contributed by atoms with E-state index in [1.54, 1.807) is 0 Å². The largest absolute Gasteiger partial charge is 0.494 e. The highest BCUT2D eigenvalue weighted by atomic mass is 16.6. The van der Waals surface area contributed by atoms with E-state index in [1.807, 2.05) is 31.2 Å². The van der Waals surface area contributed by atoms with Crippen LogP contribution in [0.5, 0.6) is 11.5 Å². The average Bonchev–Trinajstić information content (AvgIpc) is 2.58. The van der Waals surface area contributed by atoms with Gasteiger partial charge in [0.25, 0.3) is 0 Å². The third-order valence-electron chi connectivity index (χ3n) is 6.18. The van der Waals surface area contributed by atoms with E-state index in [2.05, 4.69) is 0 Å². The first-order valence-electron chi connectivity index (χ1n) is 9.76. The van der Waals surface area contributed by atoms with Gasteiger partial charge in [-0.15, -0.1) is 0 Å². The van der Waals surface area contributed by atoms with Gasteiger partial charge in [0.05, 0.1) is 17.6 Å². The van der Waals surface area contributed by atoms with Gasteiger partial charge in [0.2, 0.25) is 0 Å². The summed E-state index contributed by atoms with van der Waals surface area (Å²) in [5, 5.41) is 10.8. The first-order valence-corrected chi connectivity index (χ1v) is 9.76. The van der Waals surface area contributed by atoms with Gasteiger partial charge >= 0.3 is 5.97 Å². The molecule has 4 bridgehead atoms. The van der Waals surface area contributed by atoms with Gasteiger partial charge in [-0.25, -0.2) is 0 Å². The quantitative estimate of drug-likeness (QED) is 0.597. The van der Waals surface area contributed by atoms with Crippen molar-refractivity contribution in [1.29, 1.82) is 0 Å². The number of benzene rings is 1. The van der Waals surface area contributed by atoms with Gasteiger partial charge < -0.3 is 19.3 Å². The van der Waals surface area contributed by atoms with E-state index in [9.17, 15) is 9.90 Å². The third-order valence-corrected chi connectivity index (χ3v) is 6.18. The van der Waals surface area contributed by atoms with Crippen molar-refractivity contribution >= 4 is 5.97 Å². The minimum absolute atomic E-state index is 0.139. The number of rotatable bonds is 7. The van der Waals surface area contributed by atoms with E-state index in [0.717, 1.165) is 43.6 Å². The molecule has 2 atom stereocenters. The molecule has 0 saturated heterocycles. The first kappa shape index (κ1) is 17.7. The van der Waals surface area contributed by atoms with Crippen molar-refractivity contribution in [2.45, 2.75) is 51.0 Å². The highest BCUT2D eigenvalue weighted by molar-refractivity contribution is 5.77. The van der Waals surface area contributed by atoms with Gasteiger partial charge in [-0.3, -0.25) is 4.79 Å². The van der Waals surface area contributed by atoms with Gasteiger partial charge in [-0.2, -0.15) is 0 Å². The van der Waals surface area contributed by atoms with E-state index in [-0.39, 0.29) is 12.6 Å². The molecule has 4 fully saturated rings. The Balaban J connectivity index is 1.27. The smallest absolute Gasteiger partial charge is 0.312 e. The predicted molar refractivity (Wildman–Crippen MR) is 96.1 cm³/mol. The molecular formula is C21H28O5. The molecule has 1 aromatic carbocycles. The van der Waals surface area contributed by atoms with Crippen molar-refractivity contribution in [2.24, 2.45) is 17.3 Å². The van der Waals surface area contributed by atoms with Crippen LogP contribution in [0.3, 0.4) is 0 Å². The lowest BCUT2D eigenvalue weighted by Gasteiger charge is -2.58. The fraction of sp³-hybridized carbons (Fsp3) is 0.667. The average molecular weight is 360 g/mol. The summed E-state index contributed by atoms with van der Waals surface area (Å²) in [6.45, 7) is 3.14. The summed E-state index contributed by atoms with van der Waals surface area (Å²) >= 11 is 0. The van der Waals surface area contributed by atoms with Crippen molar-refractivity contribution in [3.8, 4) is 11.5 Å². The second-order valence-electron chi connectivity index (χ2n) is 8.35. The van der Waals surface area contributed by atoms with Crippen molar-refractivity contribution in [2.75, 3.05) is 19.8 Å². The summed E-state index contributed by atoms with van der Waals surface area (Å²) in [4.78, 5) is 12.8. The summed E-state index contributed by atoms with van der Waals surface area (Å²) in [5.74, 6) is 2.36. The van der Waals surface area contributed by atoms with Gasteiger partial charge in [-0.1, -0.05) is 0 Å². The van der Waals surface area contributed by atoms with Crippen LogP contribution in [0.4, 0.5) is 0 Å². The normalized spacial score (nSPS) is 34.5. The molecule has 1 aromatic rings. The van der Waals surface area contributed by atoms with Crippen LogP contribution in [0, 0.1) is 17.3 Å². The molecule has 5 nitrogen and oxygen atoms in total. The standard InChI is InChI=1S/C21H28O5/c1-2-24-17-3-5-18(6-4-17)25-7-8-26-19(22)20-10-15-9-16(11-20)13-21(23,12-15)14-20/h3-6,15-16,23H,2,7-14H2,1H3. The molecule has 26 heavy (non-hydrogen) atoms. The number of hydrogen-bond donors (Lipinski definition) is 1. The van der Waals surface area contributed by atoms with Crippen LogP contribution in [-0.4, -0.2) is 36.5 Å². The fourth-order valence-corrected chi connectivity index (χ4v) is 5.70. The van der Waals surface area contributed by atoms with E-state index in [4.69, 9.17) is 14.2 Å². The zero-order valence-corrected chi connectivity index (χ0v) is 15.4. The van der Waals surface area contributed by atoms with Gasteiger partial charge in [0.15, 0.2) is 0 Å². The zero-order valence-electron chi connectivity index (χ0n) is 15.4. The maximum Gasteiger partial charge on any atom is 0.312 e. The molecule has 142 valence electrons. The van der Waals surface area contributed by atoms with Gasteiger partial charge in [-0.05, 0) is 81.5 Å². The summed E-state index contributed by atoms with van der Waals surface area (Å²) in [6.07, 6.45) is 5.22. The van der Waals surface area contributed by atoms with E-state index in [1.165, 1.54) is 0 Å². The fourth-order valence-electron chi connectivity index (χ4n) is 5.70. The molecule has 0 radical (unpaired) electrons. The van der Waals surface area contributed by atoms with E-state index in [0.29, 0.717) is 31.5 Å². The molecular weight excluding hydrogens is 332 g/mol. The minimum Gasteiger partial charge on any atom is -0.494 e. The van der Waals surface area contributed by atoms with Crippen LogP contribution in [0.2, 0.25) is 0 Å². The topological polar surface area (TPSA) is 65.0 Å². The summed E-state index contributed by atoms with van der Waals surface area (Å²) in [7, 11) is 0. The Bertz CT molecular complexity index is 639. The Hall–Kier alpha value is -1.75. The Morgan fingerprint density at radius 1 is 1.04 bits per heavy atom. The third kappa shape index (κ3) is 3.41. The monoisotopic (exact) mass is 360 g/mol. The Labute approximate surface area is 154 Å². The number of ether oxygens (including phenoxy) is 3. The Kier molecular flexibility index (Phi) is 4.59. The van der Waals surface area contributed by atoms with Crippen LogP contribution in [0.15, 0.2) is 24.3 Å². The van der Waals surface area contributed by atoms with Crippen LogP contribution in [-0.2, 0) is 9.53 Å². The molecule has 0 heterocycles. The second-order valence-corrected chi connectivity index (χ2v) is 8.35. The van der Waals surface area contributed by atoms with E-state index < -0.39 is 11.0 Å². The minimum atomic E-state index is -0.637. The molecule has 4 aliphatic carbocycles. The lowest BCUT2D eigenvalue weighted by molar-refractivity contribution is -0.196. The molecule has 4 saturated carbocycles. The summed E-state index contributed by atoms with van der Waals surface area (Å²) in [6, 6.07) is 7.42. The lowest BCUT2D eigenvalue weighted by Crippen LogP contribution is -2.58. The highest BCUT2D eigenvalue weighted by Gasteiger charge is 2.60. The second kappa shape index (κ2) is 6.76. The maximum atomic E-state index is 12.8. The molecule has 2 unspecified atom stereocenters. The van der Waals surface area contributed by atoms with Crippen molar-refractivity contribution < 1.29 is 24.1 Å². The molecule has 5 rings (SSSR count). The van der Waals surface area contributed by atoms with Crippen molar-refractivity contribution in [3.05, 3.63) is 24.3 Å². The number of aliphatic hydroxyl groups is 1. The molecule has 5 heteroatoms. The molecule has 1 N–H and O–H groups in total. The molecule has 0 aliphatic heterocycles. The van der Waals surface area contributed by atoms with Crippen LogP contribution in [0.1, 0.15) is 45.4 Å². The number of carbonyl (C=O) groups excluding carboxylic acids is 1. The van der Waals surface area contributed by atoms with Crippen LogP contribution in [0.25, 0.3) is 0 Å². The summed E-state index contributed by atoms with van der Waals surface area (Å²) < 4.78 is 16.6. The zero-order chi connectivity index (χ0) is 18.2. The SMILES string of the molecule is CCOc1ccc(OCCOC(=O)C23CC4CC(CC(O)(C4)C2)C3)cc1. The number of esters is 1. The van der Waals surface area contributed by atoms with E-state index >= 15 is 0 Å². The maximum absolute atomic E-state index is 12.8. The number of hydrogen-bond acceptors (Lipinski definition) is 5. The molecule has 4 aliphatic rings. The Morgan fingerprint density at radius 3 is 2.23 bits per heavy atom. The van der Waals surface area contributed by atoms with Gasteiger partial charge in [0, 0.05) is 0 Å². The molecule has 0 aromatic heterocycles. The first-order chi connectivity index (χ1) is 12.5. The molecule has 0 amide bonds. The number of carbonyl (C=O) groups is 1. The Morgan fingerprint density at radius 2 is 1.65 bits per heavy atom. The van der Waals surface area contributed by atoms with Gasteiger partial charge in [0.1, 0.15) is 24.7 Å². The lowest BCUT2D eigenvalue weighted by atomic mass is 9.48. The van der Waals surface area contributed by atoms with Crippen LogP contribution >= 0.6 is 0 Å². The van der Waals surface area contributed by atoms with Crippen LogP contribution < -0.4 is 9.47 Å². The predicted octanol–water partition coefficient (Wildman–Crippen LogP) is 3.34. The summed E-state index contributed by atoms with van der Waals surface area (Å²) in [5.41, 5.74) is -1.10. The van der Waals surface area contributed by atoms with Crippen molar-refractivity contribution in [3.63, 3.8) is 0 Å². The molecule has 0 spiro atoms.